The van der Waals surface area contributed by atoms with Gasteiger partial charge in [-0.05, 0) is 31.2 Å². The van der Waals surface area contributed by atoms with Gasteiger partial charge in [-0.3, -0.25) is 4.79 Å². The minimum Gasteiger partial charge on any atom is -0.492 e. The summed E-state index contributed by atoms with van der Waals surface area (Å²) in [7, 11) is 0. The maximum absolute atomic E-state index is 11.9. The van der Waals surface area contributed by atoms with Crippen LogP contribution in [0.5, 0.6) is 5.75 Å². The van der Waals surface area contributed by atoms with E-state index in [1.165, 1.54) is 0 Å². The van der Waals surface area contributed by atoms with E-state index in [1.54, 1.807) is 18.2 Å². The Morgan fingerprint density at radius 2 is 2.00 bits per heavy atom. The van der Waals surface area contributed by atoms with Crippen LogP contribution in [0, 0.1) is 6.92 Å². The summed E-state index contributed by atoms with van der Waals surface area (Å²) < 4.78 is 5.50. The Bertz CT molecular complexity index is 597. The summed E-state index contributed by atoms with van der Waals surface area (Å²) in [5, 5.41) is 2.82. The molecule has 4 nitrogen and oxygen atoms in total. The largest absolute Gasteiger partial charge is 0.492 e. The lowest BCUT2D eigenvalue weighted by Crippen LogP contribution is -2.28. The molecule has 0 unspecified atom stereocenters. The van der Waals surface area contributed by atoms with Gasteiger partial charge in [0, 0.05) is 17.3 Å². The molecule has 0 bridgehead atoms. The molecule has 4 heteroatoms. The zero-order valence-corrected chi connectivity index (χ0v) is 11.4. The molecule has 20 heavy (non-hydrogen) atoms. The maximum Gasteiger partial charge on any atom is 0.251 e. The van der Waals surface area contributed by atoms with Crippen molar-refractivity contribution in [1.82, 2.24) is 5.32 Å². The second-order valence-corrected chi connectivity index (χ2v) is 4.55. The molecule has 0 saturated heterocycles. The van der Waals surface area contributed by atoms with Gasteiger partial charge >= 0.3 is 0 Å². The molecule has 0 spiro atoms. The summed E-state index contributed by atoms with van der Waals surface area (Å²) in [6.45, 7) is 2.81. The molecule has 0 fully saturated rings. The Labute approximate surface area is 118 Å². The maximum atomic E-state index is 11.9. The van der Waals surface area contributed by atoms with Crippen molar-refractivity contribution >= 4 is 11.6 Å². The number of anilines is 1. The topological polar surface area (TPSA) is 64.3 Å². The predicted molar refractivity (Wildman–Crippen MR) is 79.9 cm³/mol. The molecule has 0 radical (unpaired) electrons. The van der Waals surface area contributed by atoms with Crippen molar-refractivity contribution in [3.05, 3.63) is 59.7 Å². The van der Waals surface area contributed by atoms with Gasteiger partial charge in [0.25, 0.3) is 5.91 Å². The number of aryl methyl sites for hydroxylation is 1. The first-order chi connectivity index (χ1) is 9.65. The number of amides is 1. The SMILES string of the molecule is Cc1cccc(C(=O)NCCOc2cccc(N)c2)c1. The Morgan fingerprint density at radius 3 is 2.75 bits per heavy atom. The molecule has 3 N–H and O–H groups in total. The van der Waals surface area contributed by atoms with Crippen molar-refractivity contribution in [2.45, 2.75) is 6.92 Å². The lowest BCUT2D eigenvalue weighted by molar-refractivity contribution is 0.0947. The number of benzene rings is 2. The number of nitrogens with two attached hydrogens (primary N) is 1. The number of carbonyl (C=O) groups excluding carboxylic acids is 1. The van der Waals surface area contributed by atoms with E-state index in [9.17, 15) is 4.79 Å². The summed E-state index contributed by atoms with van der Waals surface area (Å²) in [6.07, 6.45) is 0. The quantitative estimate of drug-likeness (QED) is 0.647. The van der Waals surface area contributed by atoms with Crippen molar-refractivity contribution < 1.29 is 9.53 Å². The van der Waals surface area contributed by atoms with Crippen LogP contribution in [-0.2, 0) is 0 Å². The third-order valence-corrected chi connectivity index (χ3v) is 2.79. The van der Waals surface area contributed by atoms with E-state index in [1.807, 2.05) is 37.3 Å². The average Bonchev–Trinajstić information content (AvgIpc) is 2.43. The minimum atomic E-state index is -0.0927. The molecule has 0 aliphatic carbocycles. The lowest BCUT2D eigenvalue weighted by atomic mass is 10.1. The number of nitrogens with one attached hydrogen (secondary N) is 1. The smallest absolute Gasteiger partial charge is 0.251 e. The molecule has 0 aliphatic heterocycles. The van der Waals surface area contributed by atoms with E-state index >= 15 is 0 Å². The molecule has 2 rings (SSSR count). The molecule has 0 heterocycles. The summed E-state index contributed by atoms with van der Waals surface area (Å²) >= 11 is 0. The zero-order chi connectivity index (χ0) is 14.4. The molecular formula is C16H18N2O2. The van der Waals surface area contributed by atoms with Crippen molar-refractivity contribution in [3.8, 4) is 5.75 Å². The molecular weight excluding hydrogens is 252 g/mol. The first-order valence-electron chi connectivity index (χ1n) is 6.48. The highest BCUT2D eigenvalue weighted by atomic mass is 16.5. The van der Waals surface area contributed by atoms with Crippen molar-refractivity contribution in [2.24, 2.45) is 0 Å². The zero-order valence-electron chi connectivity index (χ0n) is 11.4. The second-order valence-electron chi connectivity index (χ2n) is 4.55. The Balaban J connectivity index is 1.77. The van der Waals surface area contributed by atoms with Crippen LogP contribution in [0.1, 0.15) is 15.9 Å². The number of ether oxygens (including phenoxy) is 1. The number of rotatable bonds is 5. The molecule has 0 atom stereocenters. The number of nitrogen functional groups attached to an aromatic ring is 1. The number of hydrogen-bond donors (Lipinski definition) is 2. The standard InChI is InChI=1S/C16H18N2O2/c1-12-4-2-5-13(10-12)16(19)18-8-9-20-15-7-3-6-14(17)11-15/h2-7,10-11H,8-9,17H2,1H3,(H,18,19). The minimum absolute atomic E-state index is 0.0927. The van der Waals surface area contributed by atoms with E-state index in [4.69, 9.17) is 10.5 Å². The van der Waals surface area contributed by atoms with Gasteiger partial charge in [0.1, 0.15) is 12.4 Å². The molecule has 2 aromatic rings. The molecule has 0 aliphatic rings. The molecule has 2 aromatic carbocycles. The fourth-order valence-electron chi connectivity index (χ4n) is 1.83. The third kappa shape index (κ3) is 4.02. The normalized spacial score (nSPS) is 10.1. The van der Waals surface area contributed by atoms with Crippen LogP contribution in [-0.4, -0.2) is 19.1 Å². The van der Waals surface area contributed by atoms with E-state index in [2.05, 4.69) is 5.32 Å². The highest BCUT2D eigenvalue weighted by Crippen LogP contribution is 2.13. The fourth-order valence-corrected chi connectivity index (χ4v) is 1.83. The van der Waals surface area contributed by atoms with Crippen molar-refractivity contribution in [3.63, 3.8) is 0 Å². The average molecular weight is 270 g/mol. The monoisotopic (exact) mass is 270 g/mol. The van der Waals surface area contributed by atoms with Crippen molar-refractivity contribution in [1.29, 1.82) is 0 Å². The summed E-state index contributed by atoms with van der Waals surface area (Å²) in [5.74, 6) is 0.611. The van der Waals surface area contributed by atoms with Gasteiger partial charge in [-0.25, -0.2) is 0 Å². The van der Waals surface area contributed by atoms with Gasteiger partial charge in [-0.2, -0.15) is 0 Å². The van der Waals surface area contributed by atoms with Gasteiger partial charge < -0.3 is 15.8 Å². The molecule has 0 saturated carbocycles. The van der Waals surface area contributed by atoms with E-state index < -0.39 is 0 Å². The van der Waals surface area contributed by atoms with E-state index in [0.29, 0.717) is 30.2 Å². The number of hydrogen-bond acceptors (Lipinski definition) is 3. The summed E-state index contributed by atoms with van der Waals surface area (Å²) in [6, 6.07) is 14.7. The third-order valence-electron chi connectivity index (χ3n) is 2.79. The lowest BCUT2D eigenvalue weighted by Gasteiger charge is -2.08. The molecule has 0 aromatic heterocycles. The highest BCUT2D eigenvalue weighted by molar-refractivity contribution is 5.94. The highest BCUT2D eigenvalue weighted by Gasteiger charge is 2.04. The van der Waals surface area contributed by atoms with Gasteiger partial charge in [0.15, 0.2) is 0 Å². The van der Waals surface area contributed by atoms with E-state index in [0.717, 1.165) is 5.56 Å². The van der Waals surface area contributed by atoms with Crippen LogP contribution < -0.4 is 15.8 Å². The van der Waals surface area contributed by atoms with Gasteiger partial charge in [0.05, 0.1) is 6.54 Å². The first kappa shape index (κ1) is 13.9. The van der Waals surface area contributed by atoms with Crippen LogP contribution in [0.4, 0.5) is 5.69 Å². The summed E-state index contributed by atoms with van der Waals surface area (Å²) in [4.78, 5) is 11.9. The van der Waals surface area contributed by atoms with Crippen LogP contribution in [0.2, 0.25) is 0 Å². The fraction of sp³-hybridized carbons (Fsp3) is 0.188. The Hall–Kier alpha value is -2.49. The van der Waals surface area contributed by atoms with E-state index in [-0.39, 0.29) is 5.91 Å². The second kappa shape index (κ2) is 6.61. The molecule has 104 valence electrons. The van der Waals surface area contributed by atoms with Crippen LogP contribution in [0.25, 0.3) is 0 Å². The first-order valence-corrected chi connectivity index (χ1v) is 6.48. The van der Waals surface area contributed by atoms with Crippen molar-refractivity contribution in [2.75, 3.05) is 18.9 Å². The Morgan fingerprint density at radius 1 is 1.20 bits per heavy atom. The Kier molecular flexibility index (Phi) is 4.60. The van der Waals surface area contributed by atoms with Crippen LogP contribution in [0.3, 0.4) is 0 Å². The molecule has 1 amide bonds. The van der Waals surface area contributed by atoms with Crippen LogP contribution >= 0.6 is 0 Å². The van der Waals surface area contributed by atoms with Gasteiger partial charge in [0.2, 0.25) is 0 Å². The van der Waals surface area contributed by atoms with Gasteiger partial charge in [-0.1, -0.05) is 23.8 Å². The summed E-state index contributed by atoms with van der Waals surface area (Å²) in [5.41, 5.74) is 8.03. The predicted octanol–water partition coefficient (Wildman–Crippen LogP) is 2.39. The van der Waals surface area contributed by atoms with Crippen LogP contribution in [0.15, 0.2) is 48.5 Å². The number of carbonyl (C=O) groups is 1. The van der Waals surface area contributed by atoms with Gasteiger partial charge in [-0.15, -0.1) is 0 Å².